The average molecular weight is 301 g/mol. The number of hydrogen-bond acceptors (Lipinski definition) is 6. The van der Waals surface area contributed by atoms with E-state index in [1.165, 1.54) is 6.33 Å². The first kappa shape index (κ1) is 14.6. The normalized spacial score (nSPS) is 15.8. The molecule has 1 aromatic carbocycles. The summed E-state index contributed by atoms with van der Waals surface area (Å²) in [6, 6.07) is 3.99. The van der Waals surface area contributed by atoms with Crippen molar-refractivity contribution in [2.75, 3.05) is 19.5 Å². The molecular formula is C16H19N3O3. The van der Waals surface area contributed by atoms with Crippen LogP contribution < -0.4 is 14.8 Å². The van der Waals surface area contributed by atoms with Crippen LogP contribution in [0.4, 0.5) is 5.82 Å². The Labute approximate surface area is 128 Å². The van der Waals surface area contributed by atoms with Crippen LogP contribution >= 0.6 is 0 Å². The Morgan fingerprint density at radius 1 is 1.09 bits per heavy atom. The van der Waals surface area contributed by atoms with Crippen molar-refractivity contribution in [1.82, 2.24) is 9.97 Å². The van der Waals surface area contributed by atoms with Gasteiger partial charge in [-0.15, -0.1) is 0 Å². The Morgan fingerprint density at radius 2 is 1.77 bits per heavy atom. The summed E-state index contributed by atoms with van der Waals surface area (Å²) in [4.78, 5) is 20.0. The molecule has 22 heavy (non-hydrogen) atoms. The molecule has 0 saturated heterocycles. The maximum Gasteiger partial charge on any atom is 0.162 e. The number of nitrogens with zero attached hydrogens (tertiary/aromatic N) is 2. The number of nitrogens with one attached hydrogen (secondary N) is 1. The molecule has 1 aliphatic carbocycles. The minimum absolute atomic E-state index is 0.267. The van der Waals surface area contributed by atoms with Gasteiger partial charge in [-0.05, 0) is 18.9 Å². The van der Waals surface area contributed by atoms with Crippen LogP contribution in [0.3, 0.4) is 0 Å². The molecular weight excluding hydrogens is 282 g/mol. The summed E-state index contributed by atoms with van der Waals surface area (Å²) >= 11 is 0. The molecule has 0 atom stereocenters. The van der Waals surface area contributed by atoms with Crippen molar-refractivity contribution in [3.63, 3.8) is 0 Å². The third-order valence-electron chi connectivity index (χ3n) is 4.02. The van der Waals surface area contributed by atoms with Crippen LogP contribution in [0.25, 0.3) is 10.9 Å². The molecule has 2 aromatic rings. The lowest BCUT2D eigenvalue weighted by atomic mass is 9.94. The first-order valence-corrected chi connectivity index (χ1v) is 7.36. The van der Waals surface area contributed by atoms with Crippen molar-refractivity contribution in [2.45, 2.75) is 31.7 Å². The van der Waals surface area contributed by atoms with Crippen LogP contribution in [0.1, 0.15) is 25.7 Å². The number of ether oxygens (including phenoxy) is 2. The summed E-state index contributed by atoms with van der Waals surface area (Å²) in [7, 11) is 3.20. The molecule has 0 bridgehead atoms. The van der Waals surface area contributed by atoms with Crippen molar-refractivity contribution in [2.24, 2.45) is 0 Å². The molecule has 0 spiro atoms. The molecule has 0 unspecified atom stereocenters. The van der Waals surface area contributed by atoms with Crippen LogP contribution in [0, 0.1) is 0 Å². The van der Waals surface area contributed by atoms with E-state index in [2.05, 4.69) is 15.3 Å². The van der Waals surface area contributed by atoms with Gasteiger partial charge in [0.15, 0.2) is 11.5 Å². The first-order valence-electron chi connectivity index (χ1n) is 7.36. The Hall–Kier alpha value is -2.37. The lowest BCUT2D eigenvalue weighted by molar-refractivity contribution is -0.120. The van der Waals surface area contributed by atoms with E-state index in [1.54, 1.807) is 14.2 Å². The Bertz CT molecular complexity index is 692. The Kier molecular flexibility index (Phi) is 4.09. The van der Waals surface area contributed by atoms with E-state index in [0.717, 1.165) is 29.6 Å². The number of ketones is 1. The standard InChI is InChI=1S/C16H19N3O3/c1-21-14-7-12-13(8-15(14)22-2)17-9-18-16(12)19-10-3-5-11(20)6-4-10/h7-10H,3-6H2,1-2H3,(H,17,18,19). The van der Waals surface area contributed by atoms with E-state index in [9.17, 15) is 4.79 Å². The van der Waals surface area contributed by atoms with Gasteiger partial charge in [0.2, 0.25) is 0 Å². The molecule has 6 heteroatoms. The molecule has 0 aliphatic heterocycles. The number of benzene rings is 1. The van der Waals surface area contributed by atoms with E-state index in [4.69, 9.17) is 9.47 Å². The Balaban J connectivity index is 1.93. The van der Waals surface area contributed by atoms with E-state index in [-0.39, 0.29) is 6.04 Å². The zero-order valence-electron chi connectivity index (χ0n) is 12.8. The molecule has 1 heterocycles. The summed E-state index contributed by atoms with van der Waals surface area (Å²) in [5.74, 6) is 2.40. The monoisotopic (exact) mass is 301 g/mol. The van der Waals surface area contributed by atoms with Gasteiger partial charge in [0.1, 0.15) is 17.9 Å². The van der Waals surface area contributed by atoms with Crippen LogP contribution in [0.2, 0.25) is 0 Å². The number of methoxy groups -OCH3 is 2. The van der Waals surface area contributed by atoms with Crippen LogP contribution in [0.15, 0.2) is 18.5 Å². The Morgan fingerprint density at radius 3 is 2.45 bits per heavy atom. The third kappa shape index (κ3) is 2.81. The molecule has 3 rings (SSSR count). The fourth-order valence-electron chi connectivity index (χ4n) is 2.78. The van der Waals surface area contributed by atoms with E-state index >= 15 is 0 Å². The smallest absolute Gasteiger partial charge is 0.162 e. The van der Waals surface area contributed by atoms with Gasteiger partial charge in [0.25, 0.3) is 0 Å². The second-order valence-corrected chi connectivity index (χ2v) is 5.40. The van der Waals surface area contributed by atoms with Crippen LogP contribution in [-0.4, -0.2) is 36.0 Å². The molecule has 1 saturated carbocycles. The predicted octanol–water partition coefficient (Wildman–Crippen LogP) is 2.57. The summed E-state index contributed by atoms with van der Waals surface area (Å²) in [5, 5.41) is 4.32. The average Bonchev–Trinajstić information content (AvgIpc) is 2.56. The number of anilines is 1. The minimum atomic E-state index is 0.267. The first-order chi connectivity index (χ1) is 10.7. The molecule has 0 amide bonds. The fourth-order valence-corrected chi connectivity index (χ4v) is 2.78. The third-order valence-corrected chi connectivity index (χ3v) is 4.02. The van der Waals surface area contributed by atoms with Crippen molar-refractivity contribution >= 4 is 22.5 Å². The number of carbonyl (C=O) groups is 1. The van der Waals surface area contributed by atoms with Gasteiger partial charge in [-0.2, -0.15) is 0 Å². The number of hydrogen-bond donors (Lipinski definition) is 1. The summed E-state index contributed by atoms with van der Waals surface area (Å²) in [6.07, 6.45) is 4.50. The minimum Gasteiger partial charge on any atom is -0.493 e. The number of fused-ring (bicyclic) bond motifs is 1. The van der Waals surface area contributed by atoms with E-state index < -0.39 is 0 Å². The number of rotatable bonds is 4. The molecule has 1 N–H and O–H groups in total. The van der Waals surface area contributed by atoms with Crippen LogP contribution in [-0.2, 0) is 4.79 Å². The van der Waals surface area contributed by atoms with E-state index in [0.29, 0.717) is 30.1 Å². The molecule has 1 aromatic heterocycles. The zero-order valence-corrected chi connectivity index (χ0v) is 12.8. The highest BCUT2D eigenvalue weighted by Gasteiger charge is 2.20. The highest BCUT2D eigenvalue weighted by molar-refractivity contribution is 5.91. The van der Waals surface area contributed by atoms with Crippen LogP contribution in [0.5, 0.6) is 11.5 Å². The van der Waals surface area contributed by atoms with Gasteiger partial charge in [-0.25, -0.2) is 9.97 Å². The molecule has 6 nitrogen and oxygen atoms in total. The van der Waals surface area contributed by atoms with Gasteiger partial charge >= 0.3 is 0 Å². The molecule has 0 radical (unpaired) electrons. The van der Waals surface area contributed by atoms with E-state index in [1.807, 2.05) is 12.1 Å². The van der Waals surface area contributed by atoms with Gasteiger partial charge in [-0.1, -0.05) is 0 Å². The number of aromatic nitrogens is 2. The highest BCUT2D eigenvalue weighted by atomic mass is 16.5. The number of Topliss-reactive ketones (excluding diaryl/α,β-unsaturated/α-hetero) is 1. The maximum absolute atomic E-state index is 11.3. The lowest BCUT2D eigenvalue weighted by Gasteiger charge is -2.23. The predicted molar refractivity (Wildman–Crippen MR) is 83.5 cm³/mol. The topological polar surface area (TPSA) is 73.3 Å². The summed E-state index contributed by atoms with van der Waals surface area (Å²) < 4.78 is 10.7. The van der Waals surface area contributed by atoms with Gasteiger partial charge in [0, 0.05) is 30.3 Å². The molecule has 1 aliphatic rings. The van der Waals surface area contributed by atoms with Gasteiger partial charge < -0.3 is 14.8 Å². The van der Waals surface area contributed by atoms with Gasteiger partial charge in [-0.3, -0.25) is 4.79 Å². The SMILES string of the molecule is COc1cc2ncnc(NC3CCC(=O)CC3)c2cc1OC. The number of carbonyl (C=O) groups excluding carboxylic acids is 1. The highest BCUT2D eigenvalue weighted by Crippen LogP contribution is 2.34. The largest absolute Gasteiger partial charge is 0.493 e. The van der Waals surface area contributed by atoms with Gasteiger partial charge in [0.05, 0.1) is 19.7 Å². The van der Waals surface area contributed by atoms with Crippen molar-refractivity contribution in [3.05, 3.63) is 18.5 Å². The zero-order chi connectivity index (χ0) is 15.5. The second kappa shape index (κ2) is 6.17. The lowest BCUT2D eigenvalue weighted by Crippen LogP contribution is -2.26. The fraction of sp³-hybridized carbons (Fsp3) is 0.438. The maximum atomic E-state index is 11.3. The summed E-state index contributed by atoms with van der Waals surface area (Å²) in [6.45, 7) is 0. The summed E-state index contributed by atoms with van der Waals surface area (Å²) in [5.41, 5.74) is 0.794. The second-order valence-electron chi connectivity index (χ2n) is 5.40. The molecule has 116 valence electrons. The van der Waals surface area contributed by atoms with Crippen molar-refractivity contribution in [3.8, 4) is 11.5 Å². The van der Waals surface area contributed by atoms with Crippen molar-refractivity contribution < 1.29 is 14.3 Å². The quantitative estimate of drug-likeness (QED) is 0.935. The molecule has 1 fully saturated rings. The van der Waals surface area contributed by atoms with Crippen molar-refractivity contribution in [1.29, 1.82) is 0 Å².